The Labute approximate surface area is 116 Å². The van der Waals surface area contributed by atoms with Crippen LogP contribution in [-0.2, 0) is 4.79 Å². The Morgan fingerprint density at radius 3 is 2.75 bits per heavy atom. The summed E-state index contributed by atoms with van der Waals surface area (Å²) in [6.45, 7) is 3.13. The second-order valence-electron chi connectivity index (χ2n) is 5.60. The monoisotopic (exact) mass is 285 g/mol. The number of alkyl halides is 2. The molecule has 1 aliphatic heterocycles. The van der Waals surface area contributed by atoms with Crippen LogP contribution in [-0.4, -0.2) is 23.3 Å². The first-order chi connectivity index (χ1) is 9.28. The molecule has 0 N–H and O–H groups in total. The van der Waals surface area contributed by atoms with Gasteiger partial charge >= 0.3 is 0 Å². The highest BCUT2D eigenvalue weighted by atomic mass is 19.3. The van der Waals surface area contributed by atoms with Crippen LogP contribution >= 0.6 is 0 Å². The minimum Gasteiger partial charge on any atom is -0.335 e. The second kappa shape index (κ2) is 5.46. The molecule has 1 heterocycles. The first kappa shape index (κ1) is 14.9. The summed E-state index contributed by atoms with van der Waals surface area (Å²) >= 11 is 0. The first-order valence-electron chi connectivity index (χ1n) is 6.71. The van der Waals surface area contributed by atoms with E-state index in [2.05, 4.69) is 0 Å². The molecule has 0 aromatic heterocycles. The van der Waals surface area contributed by atoms with E-state index in [1.807, 2.05) is 6.92 Å². The molecular weight excluding hydrogens is 267 g/mol. The van der Waals surface area contributed by atoms with Crippen molar-refractivity contribution in [1.82, 2.24) is 4.90 Å². The molecule has 2 atom stereocenters. The fourth-order valence-electron chi connectivity index (χ4n) is 2.79. The lowest BCUT2D eigenvalue weighted by Gasteiger charge is -2.28. The summed E-state index contributed by atoms with van der Waals surface area (Å²) in [7, 11) is 0. The van der Waals surface area contributed by atoms with Crippen LogP contribution in [0, 0.1) is 11.7 Å². The van der Waals surface area contributed by atoms with Gasteiger partial charge in [-0.2, -0.15) is 0 Å². The summed E-state index contributed by atoms with van der Waals surface area (Å²) in [5.74, 6) is -3.84. The van der Waals surface area contributed by atoms with E-state index < -0.39 is 18.3 Å². The van der Waals surface area contributed by atoms with Crippen LogP contribution in [0.2, 0.25) is 0 Å². The molecule has 1 saturated heterocycles. The highest BCUT2D eigenvalue weighted by molar-refractivity contribution is 5.78. The first-order valence-corrected chi connectivity index (χ1v) is 6.71. The maximum absolute atomic E-state index is 13.3. The maximum Gasteiger partial charge on any atom is 0.254 e. The number of amides is 1. The standard InChI is InChI=1S/C15H18F3NO/c1-10-6-7-19(13(20)9-15(2,17)18)14(10)11-4-3-5-12(16)8-11/h3-5,8,10,14H,6-7,9H2,1-2H3. The highest BCUT2D eigenvalue weighted by Crippen LogP contribution is 2.38. The fourth-order valence-corrected chi connectivity index (χ4v) is 2.79. The summed E-state index contributed by atoms with van der Waals surface area (Å²) in [5, 5.41) is 0. The van der Waals surface area contributed by atoms with Crippen LogP contribution in [0.3, 0.4) is 0 Å². The van der Waals surface area contributed by atoms with Gasteiger partial charge in [-0.15, -0.1) is 0 Å². The largest absolute Gasteiger partial charge is 0.335 e. The quantitative estimate of drug-likeness (QED) is 0.827. The predicted octanol–water partition coefficient (Wildman–Crippen LogP) is 3.78. The normalized spacial score (nSPS) is 23.1. The van der Waals surface area contributed by atoms with E-state index in [1.165, 1.54) is 17.0 Å². The highest BCUT2D eigenvalue weighted by Gasteiger charge is 2.38. The third-order valence-corrected chi connectivity index (χ3v) is 3.67. The summed E-state index contributed by atoms with van der Waals surface area (Å²) in [4.78, 5) is 13.5. The second-order valence-corrected chi connectivity index (χ2v) is 5.60. The number of hydrogen-bond acceptors (Lipinski definition) is 1. The van der Waals surface area contributed by atoms with Gasteiger partial charge in [0.2, 0.25) is 5.91 Å². The van der Waals surface area contributed by atoms with Crippen molar-refractivity contribution in [1.29, 1.82) is 0 Å². The molecule has 0 aliphatic carbocycles. The Bertz CT molecular complexity index is 498. The van der Waals surface area contributed by atoms with Gasteiger partial charge in [0.1, 0.15) is 5.82 Å². The third-order valence-electron chi connectivity index (χ3n) is 3.67. The molecule has 110 valence electrons. The van der Waals surface area contributed by atoms with Crippen molar-refractivity contribution in [2.45, 2.75) is 38.7 Å². The number of nitrogens with zero attached hydrogens (tertiary/aromatic N) is 1. The van der Waals surface area contributed by atoms with E-state index in [0.29, 0.717) is 12.1 Å². The molecule has 1 fully saturated rings. The van der Waals surface area contributed by atoms with Crippen LogP contribution in [0.1, 0.15) is 38.3 Å². The van der Waals surface area contributed by atoms with E-state index in [9.17, 15) is 18.0 Å². The van der Waals surface area contributed by atoms with Crippen LogP contribution in [0.15, 0.2) is 24.3 Å². The molecule has 2 unspecified atom stereocenters. The maximum atomic E-state index is 13.3. The number of hydrogen-bond donors (Lipinski definition) is 0. The van der Waals surface area contributed by atoms with Crippen LogP contribution in [0.4, 0.5) is 13.2 Å². The molecule has 20 heavy (non-hydrogen) atoms. The van der Waals surface area contributed by atoms with Crippen molar-refractivity contribution in [3.8, 4) is 0 Å². The Balaban J connectivity index is 2.23. The van der Waals surface area contributed by atoms with Crippen LogP contribution < -0.4 is 0 Å². The zero-order valence-corrected chi connectivity index (χ0v) is 11.6. The zero-order valence-electron chi connectivity index (χ0n) is 11.6. The van der Waals surface area contributed by atoms with Gasteiger partial charge in [-0.05, 0) is 37.0 Å². The van der Waals surface area contributed by atoms with E-state index in [4.69, 9.17) is 0 Å². The fraction of sp³-hybridized carbons (Fsp3) is 0.533. The summed E-state index contributed by atoms with van der Waals surface area (Å²) in [6.07, 6.45) is -0.0618. The minimum atomic E-state index is -3.02. The lowest BCUT2D eigenvalue weighted by molar-refractivity contribution is -0.139. The Kier molecular flexibility index (Phi) is 4.06. The molecule has 0 bridgehead atoms. The van der Waals surface area contributed by atoms with Gasteiger partial charge in [0, 0.05) is 6.54 Å². The average Bonchev–Trinajstić information content (AvgIpc) is 2.69. The van der Waals surface area contributed by atoms with Crippen molar-refractivity contribution >= 4 is 5.91 Å². The summed E-state index contributed by atoms with van der Waals surface area (Å²) in [5.41, 5.74) is 0.669. The van der Waals surface area contributed by atoms with Crippen molar-refractivity contribution < 1.29 is 18.0 Å². The molecule has 2 rings (SSSR count). The number of carbonyl (C=O) groups is 1. The predicted molar refractivity (Wildman–Crippen MR) is 69.9 cm³/mol. The smallest absolute Gasteiger partial charge is 0.254 e. The number of halogens is 3. The molecule has 0 saturated carbocycles. The van der Waals surface area contributed by atoms with Crippen molar-refractivity contribution in [2.24, 2.45) is 5.92 Å². The third kappa shape index (κ3) is 3.32. The molecular formula is C15H18F3NO. The molecule has 1 aromatic carbocycles. The SMILES string of the molecule is CC1CCN(C(=O)CC(C)(F)F)C1c1cccc(F)c1. The van der Waals surface area contributed by atoms with Gasteiger partial charge < -0.3 is 4.90 Å². The van der Waals surface area contributed by atoms with Crippen LogP contribution in [0.5, 0.6) is 0 Å². The zero-order chi connectivity index (χ0) is 14.9. The van der Waals surface area contributed by atoms with Gasteiger partial charge in [0.05, 0.1) is 12.5 Å². The van der Waals surface area contributed by atoms with Gasteiger partial charge in [0.25, 0.3) is 5.92 Å². The number of benzene rings is 1. The van der Waals surface area contributed by atoms with Gasteiger partial charge in [-0.3, -0.25) is 4.79 Å². The Morgan fingerprint density at radius 1 is 1.45 bits per heavy atom. The van der Waals surface area contributed by atoms with Crippen molar-refractivity contribution in [2.75, 3.05) is 6.54 Å². The lowest BCUT2D eigenvalue weighted by atomic mass is 9.95. The van der Waals surface area contributed by atoms with Gasteiger partial charge in [0.15, 0.2) is 0 Å². The van der Waals surface area contributed by atoms with E-state index in [-0.39, 0.29) is 17.8 Å². The van der Waals surface area contributed by atoms with Gasteiger partial charge in [-0.1, -0.05) is 19.1 Å². The van der Waals surface area contributed by atoms with E-state index >= 15 is 0 Å². The van der Waals surface area contributed by atoms with Crippen molar-refractivity contribution in [3.05, 3.63) is 35.6 Å². The number of likely N-dealkylation sites (tertiary alicyclic amines) is 1. The van der Waals surface area contributed by atoms with Crippen LogP contribution in [0.25, 0.3) is 0 Å². The molecule has 1 aliphatic rings. The molecule has 2 nitrogen and oxygen atoms in total. The Morgan fingerprint density at radius 2 is 2.15 bits per heavy atom. The van der Waals surface area contributed by atoms with E-state index in [0.717, 1.165) is 13.3 Å². The lowest BCUT2D eigenvalue weighted by Crippen LogP contribution is -2.35. The molecule has 5 heteroatoms. The van der Waals surface area contributed by atoms with Gasteiger partial charge in [-0.25, -0.2) is 13.2 Å². The molecule has 1 aromatic rings. The van der Waals surface area contributed by atoms with Crippen molar-refractivity contribution in [3.63, 3.8) is 0 Å². The average molecular weight is 285 g/mol. The molecule has 0 radical (unpaired) electrons. The minimum absolute atomic E-state index is 0.131. The Hall–Kier alpha value is -1.52. The summed E-state index contributed by atoms with van der Waals surface area (Å²) < 4.78 is 39.3. The molecule has 1 amide bonds. The topological polar surface area (TPSA) is 20.3 Å². The van der Waals surface area contributed by atoms with E-state index in [1.54, 1.807) is 12.1 Å². The summed E-state index contributed by atoms with van der Waals surface area (Å²) in [6, 6.07) is 5.69. The number of rotatable bonds is 3. The molecule has 0 spiro atoms. The number of carbonyl (C=O) groups excluding carboxylic acids is 1.